The number of nitrogens with one attached hydrogen (secondary N) is 4. The topological polar surface area (TPSA) is 254 Å². The highest BCUT2D eigenvalue weighted by molar-refractivity contribution is 7.90. The van der Waals surface area contributed by atoms with E-state index in [0.717, 1.165) is 37.8 Å². The highest BCUT2D eigenvalue weighted by Gasteiger charge is 2.48. The molecule has 2 fully saturated rings. The van der Waals surface area contributed by atoms with E-state index in [-0.39, 0.29) is 42.1 Å². The third kappa shape index (κ3) is 8.27. The number of nitrogens with two attached hydrogens (primary N) is 1. The van der Waals surface area contributed by atoms with E-state index >= 15 is 0 Å². The number of primary sulfonamides is 1. The van der Waals surface area contributed by atoms with Crippen LogP contribution in [-0.2, 0) is 39.2 Å². The predicted octanol–water partition coefficient (Wildman–Crippen LogP) is 0.370. The minimum atomic E-state index is -4.29. The lowest BCUT2D eigenvalue weighted by molar-refractivity contribution is -0.151. The molecule has 6 atom stereocenters. The van der Waals surface area contributed by atoms with Gasteiger partial charge in [-0.05, 0) is 63.5 Å². The monoisotopic (exact) mass is 706 g/mol. The quantitative estimate of drug-likeness (QED) is 0.137. The average molecular weight is 707 g/mol. The van der Waals surface area contributed by atoms with E-state index in [9.17, 15) is 46.2 Å². The van der Waals surface area contributed by atoms with Crippen molar-refractivity contribution < 1.29 is 46.2 Å². The molecule has 1 saturated heterocycles. The number of carbonyl (C=O) groups is 4. The smallest absolute Gasteiger partial charge is 0.326 e. The number of likely N-dealkylation sites (tertiary alicyclic amines) is 1. The zero-order chi connectivity index (χ0) is 34.0. The summed E-state index contributed by atoms with van der Waals surface area (Å²) in [6, 6.07) is -1.14. The second-order valence-corrected chi connectivity index (χ2v) is 15.5. The Morgan fingerprint density at radius 1 is 1.15 bits per heavy atom. The van der Waals surface area contributed by atoms with Gasteiger partial charge >= 0.3 is 11.9 Å². The van der Waals surface area contributed by atoms with Crippen LogP contribution in [0.5, 0.6) is 0 Å². The van der Waals surface area contributed by atoms with Gasteiger partial charge in [0.15, 0.2) is 0 Å². The number of benzene rings is 1. The number of anilines is 1. The first kappa shape index (κ1) is 35.8. The predicted molar refractivity (Wildman–Crippen MR) is 165 cm³/mol. The Kier molecular flexibility index (Phi) is 11.2. The molecule has 2 aliphatic heterocycles. The number of fused-ring (bicyclic) bond motifs is 2. The number of amides is 2. The lowest BCUT2D eigenvalue weighted by Gasteiger charge is -2.35. The van der Waals surface area contributed by atoms with Gasteiger partial charge in [0.05, 0.1) is 29.3 Å². The average Bonchev–Trinajstić information content (AvgIpc) is 3.34. The fourth-order valence-corrected chi connectivity index (χ4v) is 8.98. The van der Waals surface area contributed by atoms with Crippen molar-refractivity contribution in [2.24, 2.45) is 11.1 Å². The molecule has 1 aromatic carbocycles. The van der Waals surface area contributed by atoms with Crippen LogP contribution in [0.4, 0.5) is 5.69 Å². The molecule has 0 radical (unpaired) electrons. The van der Waals surface area contributed by atoms with Crippen molar-refractivity contribution in [3.63, 3.8) is 0 Å². The van der Waals surface area contributed by atoms with E-state index in [1.165, 1.54) is 11.8 Å². The molecule has 19 heteroatoms. The van der Waals surface area contributed by atoms with Crippen LogP contribution in [0.1, 0.15) is 64.7 Å². The second-order valence-electron chi connectivity index (χ2n) is 11.9. The molecule has 256 valence electrons. The Hall–Kier alpha value is -3.03. The molecule has 3 aliphatic rings. The van der Waals surface area contributed by atoms with Crippen LogP contribution >= 0.6 is 11.6 Å². The van der Waals surface area contributed by atoms with Gasteiger partial charge in [-0.1, -0.05) is 24.4 Å². The first-order valence-electron chi connectivity index (χ1n) is 15.0. The summed E-state index contributed by atoms with van der Waals surface area (Å²) in [7, 11) is -8.49. The fourth-order valence-electron chi connectivity index (χ4n) is 6.48. The largest absolute Gasteiger partial charge is 0.480 e. The van der Waals surface area contributed by atoms with Gasteiger partial charge in [0.2, 0.25) is 31.9 Å². The molecule has 2 amide bonds. The van der Waals surface area contributed by atoms with Crippen molar-refractivity contribution >= 4 is 61.1 Å². The van der Waals surface area contributed by atoms with Crippen LogP contribution in [0.25, 0.3) is 0 Å². The lowest BCUT2D eigenvalue weighted by Crippen LogP contribution is -2.55. The molecule has 1 aromatic rings. The summed E-state index contributed by atoms with van der Waals surface area (Å²) >= 11 is 5.97. The van der Waals surface area contributed by atoms with Crippen molar-refractivity contribution in [1.82, 2.24) is 20.3 Å². The van der Waals surface area contributed by atoms with E-state index in [0.29, 0.717) is 19.3 Å². The summed E-state index contributed by atoms with van der Waals surface area (Å²) in [5.41, 5.74) is -0.00403. The van der Waals surface area contributed by atoms with Crippen LogP contribution in [0.3, 0.4) is 0 Å². The number of carbonyl (C=O) groups excluding carboxylic acids is 2. The van der Waals surface area contributed by atoms with Gasteiger partial charge in [0.25, 0.3) is 0 Å². The summed E-state index contributed by atoms with van der Waals surface area (Å²) in [4.78, 5) is 50.2. The number of nitrogens with zero attached hydrogens (tertiary/aromatic N) is 1. The molecule has 46 heavy (non-hydrogen) atoms. The van der Waals surface area contributed by atoms with Gasteiger partial charge in [-0.15, -0.1) is 0 Å². The summed E-state index contributed by atoms with van der Waals surface area (Å²) in [5, 5.41) is 32.6. The van der Waals surface area contributed by atoms with Gasteiger partial charge in [-0.25, -0.2) is 26.8 Å². The first-order valence-corrected chi connectivity index (χ1v) is 18.4. The zero-order valence-corrected chi connectivity index (χ0v) is 27.5. The Bertz CT molecular complexity index is 1590. The fraction of sp³-hybridized carbons (Fsp3) is 0.630. The van der Waals surface area contributed by atoms with E-state index < -0.39 is 77.9 Å². The van der Waals surface area contributed by atoms with Crippen molar-refractivity contribution in [2.75, 3.05) is 11.9 Å². The van der Waals surface area contributed by atoms with Crippen molar-refractivity contribution in [1.29, 1.82) is 0 Å². The molecule has 16 nitrogen and oxygen atoms in total. The van der Waals surface area contributed by atoms with E-state index in [1.54, 1.807) is 0 Å². The summed E-state index contributed by atoms with van der Waals surface area (Å²) < 4.78 is 51.1. The maximum absolute atomic E-state index is 13.3. The van der Waals surface area contributed by atoms with Gasteiger partial charge in [-0.2, -0.15) is 4.72 Å². The Morgan fingerprint density at radius 3 is 2.50 bits per heavy atom. The van der Waals surface area contributed by atoms with Crippen LogP contribution in [0.15, 0.2) is 21.9 Å². The number of unbranched alkanes of at least 4 members (excludes halogenated alkanes) is 1. The van der Waals surface area contributed by atoms with Gasteiger partial charge in [-0.3, -0.25) is 19.7 Å². The molecule has 8 N–H and O–H groups in total. The Morgan fingerprint density at radius 2 is 1.85 bits per heavy atom. The van der Waals surface area contributed by atoms with Gasteiger partial charge in [0.1, 0.15) is 21.9 Å². The number of halogens is 1. The van der Waals surface area contributed by atoms with Crippen LogP contribution in [0, 0.1) is 5.92 Å². The number of carboxylic acids is 2. The molecule has 2 heterocycles. The Labute approximate surface area is 271 Å². The minimum Gasteiger partial charge on any atom is -0.480 e. The molecule has 4 rings (SSSR count). The summed E-state index contributed by atoms with van der Waals surface area (Å²) in [5.74, 6) is -3.03. The molecular formula is C27H39ClN6O10S2. The Balaban J connectivity index is 1.24. The first-order chi connectivity index (χ1) is 21.5. The van der Waals surface area contributed by atoms with Crippen molar-refractivity contribution in [2.45, 2.75) is 105 Å². The summed E-state index contributed by atoms with van der Waals surface area (Å²) in [6.45, 7) is 1.70. The van der Waals surface area contributed by atoms with Gasteiger partial charge in [0, 0.05) is 12.6 Å². The number of hydrogen-bond donors (Lipinski definition) is 7. The second kappa shape index (κ2) is 14.4. The number of sulfonamides is 2. The molecule has 1 saturated carbocycles. The van der Waals surface area contributed by atoms with Crippen LogP contribution < -0.4 is 25.8 Å². The molecule has 0 aromatic heterocycles. The van der Waals surface area contributed by atoms with Crippen LogP contribution in [-0.4, -0.2) is 92.6 Å². The molecule has 1 aliphatic carbocycles. The third-order valence-corrected chi connectivity index (χ3v) is 11.5. The zero-order valence-electron chi connectivity index (χ0n) is 25.1. The highest BCUT2D eigenvalue weighted by atomic mass is 35.5. The van der Waals surface area contributed by atoms with E-state index in [1.807, 2.05) is 0 Å². The van der Waals surface area contributed by atoms with Crippen molar-refractivity contribution in [3.8, 4) is 0 Å². The van der Waals surface area contributed by atoms with Crippen LogP contribution in [0.2, 0.25) is 5.02 Å². The van der Waals surface area contributed by atoms with E-state index in [2.05, 4.69) is 20.7 Å². The van der Waals surface area contributed by atoms with E-state index in [4.69, 9.17) is 16.7 Å². The molecular weight excluding hydrogens is 668 g/mol. The SMILES string of the molecule is CC(N[C@@H](CCCCNC(=O)C[C@H]1Nc2cc(Cl)c(S(N)(=O)=O)cc2S(=O)(=O)N1)C(=O)O)C(=O)N1[C@@H]2CCCC[C@@H]2C[C@H]1C(=O)O. The minimum absolute atomic E-state index is 0.00403. The molecule has 0 bridgehead atoms. The maximum atomic E-state index is 13.3. The number of rotatable bonds is 13. The number of hydrogen-bond acceptors (Lipinski definition) is 10. The standard InChI is InChI=1S/C27H39ClN6O10S2/c1-14(25(36)34-19-8-3-2-6-15(19)10-20(34)27(39)40)31-17(26(37)38)7-4-5-9-30-24(35)13-23-32-18-11-16(28)21(45(29,41)42)12-22(18)46(43,44)33-23/h11-12,14-15,17,19-20,23,31-33H,2-10,13H2,1H3,(H,30,35)(H,37,38)(H,39,40)(H2,29,41,42)/t14?,15-,17+,19-,20+,23+/m1/s1. The van der Waals surface area contributed by atoms with Crippen molar-refractivity contribution in [3.05, 3.63) is 17.2 Å². The summed E-state index contributed by atoms with van der Waals surface area (Å²) in [6.07, 6.45) is 3.42. The maximum Gasteiger partial charge on any atom is 0.326 e. The third-order valence-electron chi connectivity index (χ3n) is 8.64. The normalized spacial score (nSPS) is 25.0. The lowest BCUT2D eigenvalue weighted by atomic mass is 9.84. The molecule has 1 unspecified atom stereocenters. The molecule has 0 spiro atoms. The van der Waals surface area contributed by atoms with Gasteiger partial charge < -0.3 is 25.7 Å². The number of aliphatic carboxylic acids is 2. The number of carboxylic acid groups (broad SMARTS) is 2. The highest BCUT2D eigenvalue weighted by Crippen LogP contribution is 2.40.